The lowest BCUT2D eigenvalue weighted by Gasteiger charge is -2.10. The Kier molecular flexibility index (Phi) is 3.63. The second kappa shape index (κ2) is 5.28. The van der Waals surface area contributed by atoms with Crippen LogP contribution in [0.4, 0.5) is 0 Å². The number of rotatable bonds is 2. The number of aromatic nitrogens is 2. The van der Waals surface area contributed by atoms with Crippen molar-refractivity contribution in [3.05, 3.63) is 57.8 Å². The van der Waals surface area contributed by atoms with Crippen molar-refractivity contribution in [3.63, 3.8) is 0 Å². The van der Waals surface area contributed by atoms with Crippen LogP contribution in [0.2, 0.25) is 10.0 Å². The summed E-state index contributed by atoms with van der Waals surface area (Å²) in [4.78, 5) is 4.57. The first-order chi connectivity index (χ1) is 9.60. The molecule has 0 radical (unpaired) electrons. The fourth-order valence-corrected chi connectivity index (χ4v) is 3.07. The Hall–Kier alpha value is -1.22. The summed E-state index contributed by atoms with van der Waals surface area (Å²) >= 11 is 18.2. The van der Waals surface area contributed by atoms with Gasteiger partial charge in [-0.2, -0.15) is 0 Å². The lowest BCUT2D eigenvalue weighted by Crippen LogP contribution is -2.00. The van der Waals surface area contributed by atoms with E-state index in [2.05, 4.69) is 4.98 Å². The van der Waals surface area contributed by atoms with Gasteiger partial charge < -0.3 is 0 Å². The molecule has 1 aromatic heterocycles. The first-order valence-corrected chi connectivity index (χ1v) is 7.38. The monoisotopic (exact) mass is 324 g/mol. The normalized spacial score (nSPS) is 11.2. The summed E-state index contributed by atoms with van der Waals surface area (Å²) in [6.45, 7) is 2.05. The minimum atomic E-state index is 0.318. The molecule has 0 spiro atoms. The van der Waals surface area contributed by atoms with Gasteiger partial charge in [-0.05, 0) is 36.8 Å². The molecule has 5 heteroatoms. The lowest BCUT2D eigenvalue weighted by atomic mass is 10.2. The van der Waals surface area contributed by atoms with Crippen LogP contribution in [0.25, 0.3) is 16.7 Å². The van der Waals surface area contributed by atoms with E-state index in [9.17, 15) is 0 Å². The molecule has 0 amide bonds. The van der Waals surface area contributed by atoms with E-state index in [4.69, 9.17) is 34.8 Å². The maximum absolute atomic E-state index is 6.10. The van der Waals surface area contributed by atoms with E-state index in [1.807, 2.05) is 41.8 Å². The number of nitrogens with zero attached hydrogens (tertiary/aromatic N) is 2. The van der Waals surface area contributed by atoms with Crippen LogP contribution >= 0.6 is 34.8 Å². The van der Waals surface area contributed by atoms with Crippen molar-refractivity contribution >= 4 is 45.8 Å². The van der Waals surface area contributed by atoms with Gasteiger partial charge in [-0.25, -0.2) is 4.98 Å². The molecule has 1 heterocycles. The van der Waals surface area contributed by atoms with Gasteiger partial charge in [0.05, 0.1) is 22.6 Å². The minimum absolute atomic E-state index is 0.318. The van der Waals surface area contributed by atoms with E-state index >= 15 is 0 Å². The number of fused-ring (bicyclic) bond motifs is 1. The molecule has 0 unspecified atom stereocenters. The summed E-state index contributed by atoms with van der Waals surface area (Å²) in [5.74, 6) is 1.09. The third kappa shape index (κ3) is 2.28. The SMILES string of the molecule is Cc1cccc2nc(CCl)n(-c3cc(Cl)cc(Cl)c3)c12. The molecule has 3 rings (SSSR count). The minimum Gasteiger partial charge on any atom is -0.295 e. The molecule has 0 aliphatic rings. The topological polar surface area (TPSA) is 17.8 Å². The van der Waals surface area contributed by atoms with Crippen LogP contribution in [-0.2, 0) is 5.88 Å². The Balaban J connectivity index is 2.39. The van der Waals surface area contributed by atoms with Crippen LogP contribution < -0.4 is 0 Å². The van der Waals surface area contributed by atoms with E-state index < -0.39 is 0 Å². The van der Waals surface area contributed by atoms with E-state index in [1.54, 1.807) is 6.07 Å². The highest BCUT2D eigenvalue weighted by molar-refractivity contribution is 6.34. The maximum atomic E-state index is 6.10. The average molecular weight is 326 g/mol. The van der Waals surface area contributed by atoms with Gasteiger partial charge in [0.25, 0.3) is 0 Å². The highest BCUT2D eigenvalue weighted by Gasteiger charge is 2.14. The average Bonchev–Trinajstić information content (AvgIpc) is 2.77. The Labute approximate surface area is 131 Å². The highest BCUT2D eigenvalue weighted by atomic mass is 35.5. The van der Waals surface area contributed by atoms with Crippen molar-refractivity contribution in [1.29, 1.82) is 0 Å². The van der Waals surface area contributed by atoms with E-state index in [1.165, 1.54) is 0 Å². The molecule has 0 N–H and O–H groups in total. The van der Waals surface area contributed by atoms with Crippen molar-refractivity contribution in [2.75, 3.05) is 0 Å². The molecule has 0 bridgehead atoms. The van der Waals surface area contributed by atoms with Crippen molar-refractivity contribution in [2.24, 2.45) is 0 Å². The fraction of sp³-hybridized carbons (Fsp3) is 0.133. The van der Waals surface area contributed by atoms with Crippen molar-refractivity contribution in [3.8, 4) is 5.69 Å². The van der Waals surface area contributed by atoms with Crippen LogP contribution in [0.15, 0.2) is 36.4 Å². The van der Waals surface area contributed by atoms with Gasteiger partial charge in [-0.3, -0.25) is 4.57 Å². The molecular formula is C15H11Cl3N2. The molecule has 0 aliphatic heterocycles. The maximum Gasteiger partial charge on any atom is 0.129 e. The molecule has 20 heavy (non-hydrogen) atoms. The molecule has 0 saturated carbocycles. The quantitative estimate of drug-likeness (QED) is 0.578. The number of para-hydroxylation sites is 1. The number of halogens is 3. The van der Waals surface area contributed by atoms with Gasteiger partial charge in [0.15, 0.2) is 0 Å². The molecule has 102 valence electrons. The lowest BCUT2D eigenvalue weighted by molar-refractivity contribution is 0.979. The zero-order chi connectivity index (χ0) is 14.3. The van der Waals surface area contributed by atoms with Crippen molar-refractivity contribution < 1.29 is 0 Å². The second-order valence-corrected chi connectivity index (χ2v) is 5.71. The van der Waals surface area contributed by atoms with Crippen LogP contribution in [0, 0.1) is 6.92 Å². The Bertz CT molecular complexity index is 773. The number of aryl methyl sites for hydroxylation is 1. The third-order valence-corrected chi connectivity index (χ3v) is 3.85. The van der Waals surface area contributed by atoms with Crippen LogP contribution in [0.5, 0.6) is 0 Å². The molecule has 3 aromatic rings. The van der Waals surface area contributed by atoms with Gasteiger partial charge in [0.1, 0.15) is 5.82 Å². The molecule has 0 fully saturated rings. The van der Waals surface area contributed by atoms with Crippen LogP contribution in [0.3, 0.4) is 0 Å². The summed E-state index contributed by atoms with van der Waals surface area (Å²) in [5, 5.41) is 1.17. The highest BCUT2D eigenvalue weighted by Crippen LogP contribution is 2.28. The molecule has 2 aromatic carbocycles. The number of imidazole rings is 1. The van der Waals surface area contributed by atoms with Crippen molar-refractivity contribution in [1.82, 2.24) is 9.55 Å². The van der Waals surface area contributed by atoms with Gasteiger partial charge in [-0.15, -0.1) is 11.6 Å². The standard InChI is InChI=1S/C15H11Cl3N2/c1-9-3-2-4-13-15(9)20(14(8-16)19-13)12-6-10(17)5-11(18)7-12/h2-7H,8H2,1H3. The Morgan fingerprint density at radius 2 is 1.80 bits per heavy atom. The number of hydrogen-bond donors (Lipinski definition) is 0. The number of benzene rings is 2. The molecule has 0 atom stereocenters. The summed E-state index contributed by atoms with van der Waals surface area (Å²) in [5.41, 5.74) is 3.94. The molecule has 0 saturated heterocycles. The zero-order valence-corrected chi connectivity index (χ0v) is 13.0. The predicted octanol–water partition coefficient (Wildman–Crippen LogP) is 5.38. The smallest absolute Gasteiger partial charge is 0.129 e. The zero-order valence-electron chi connectivity index (χ0n) is 10.7. The summed E-state index contributed by atoms with van der Waals surface area (Å²) in [6, 6.07) is 11.4. The number of alkyl halides is 1. The fourth-order valence-electron chi connectivity index (χ4n) is 2.38. The second-order valence-electron chi connectivity index (χ2n) is 4.57. The van der Waals surface area contributed by atoms with Crippen molar-refractivity contribution in [2.45, 2.75) is 12.8 Å². The largest absolute Gasteiger partial charge is 0.295 e. The Morgan fingerprint density at radius 1 is 1.10 bits per heavy atom. The van der Waals surface area contributed by atoms with E-state index in [0.717, 1.165) is 28.1 Å². The van der Waals surface area contributed by atoms with Gasteiger partial charge in [-0.1, -0.05) is 35.3 Å². The first kappa shape index (κ1) is 13.7. The predicted molar refractivity (Wildman–Crippen MR) is 85.4 cm³/mol. The van der Waals surface area contributed by atoms with E-state index in [-0.39, 0.29) is 0 Å². The summed E-state index contributed by atoms with van der Waals surface area (Å²) < 4.78 is 2.01. The van der Waals surface area contributed by atoms with E-state index in [0.29, 0.717) is 15.9 Å². The Morgan fingerprint density at radius 3 is 2.45 bits per heavy atom. The van der Waals surface area contributed by atoms with Crippen LogP contribution in [0.1, 0.15) is 11.4 Å². The third-order valence-electron chi connectivity index (χ3n) is 3.17. The number of hydrogen-bond acceptors (Lipinski definition) is 1. The van der Waals surface area contributed by atoms with Gasteiger partial charge >= 0.3 is 0 Å². The molecule has 2 nitrogen and oxygen atoms in total. The first-order valence-electron chi connectivity index (χ1n) is 6.09. The van der Waals surface area contributed by atoms with Gasteiger partial charge in [0, 0.05) is 10.0 Å². The summed E-state index contributed by atoms with van der Waals surface area (Å²) in [6.07, 6.45) is 0. The van der Waals surface area contributed by atoms with Crippen LogP contribution in [-0.4, -0.2) is 9.55 Å². The summed E-state index contributed by atoms with van der Waals surface area (Å²) in [7, 11) is 0. The molecular weight excluding hydrogens is 315 g/mol. The molecule has 0 aliphatic carbocycles. The van der Waals surface area contributed by atoms with Gasteiger partial charge in [0.2, 0.25) is 0 Å².